The maximum absolute atomic E-state index is 12.0. The predicted molar refractivity (Wildman–Crippen MR) is 67.0 cm³/mol. The quantitative estimate of drug-likeness (QED) is 0.652. The smallest absolute Gasteiger partial charge is 0.366 e. The molecule has 3 rings (SSSR count). The van der Waals surface area contributed by atoms with Crippen molar-refractivity contribution in [1.82, 2.24) is 9.71 Å². The van der Waals surface area contributed by atoms with E-state index in [1.165, 1.54) is 18.3 Å². The third kappa shape index (κ3) is 1.79. The Kier molecular flexibility index (Phi) is 2.42. The van der Waals surface area contributed by atoms with E-state index in [0.29, 0.717) is 15.7 Å². The first-order valence-corrected chi connectivity index (χ1v) is 5.55. The maximum atomic E-state index is 12.0. The second-order valence-electron chi connectivity index (χ2n) is 3.97. The van der Waals surface area contributed by atoms with Crippen LogP contribution in [0, 0.1) is 0 Å². The minimum absolute atomic E-state index is 0.322. The van der Waals surface area contributed by atoms with Crippen molar-refractivity contribution in [3.05, 3.63) is 48.2 Å². The summed E-state index contributed by atoms with van der Waals surface area (Å²) >= 11 is 0. The van der Waals surface area contributed by atoms with Gasteiger partial charge in [0, 0.05) is 29.2 Å². The summed E-state index contributed by atoms with van der Waals surface area (Å²) in [6.07, 6.45) is 1.52. The Morgan fingerprint density at radius 3 is 2.53 bits per heavy atom. The summed E-state index contributed by atoms with van der Waals surface area (Å²) in [7, 11) is 0. The zero-order valence-corrected chi connectivity index (χ0v) is 9.70. The molecule has 19 heavy (non-hydrogen) atoms. The number of rotatable bonds is 2. The number of aromatic nitrogens is 2. The van der Waals surface area contributed by atoms with Crippen LogP contribution < -0.4 is 4.84 Å². The van der Waals surface area contributed by atoms with Crippen LogP contribution in [0.5, 0.6) is 11.8 Å². The molecule has 0 fully saturated rings. The fraction of sp³-hybridized carbons (Fsp3) is 0. The predicted octanol–water partition coefficient (Wildman–Crippen LogP) is 1.65. The number of nitrogens with one attached hydrogen (secondary N) is 1. The summed E-state index contributed by atoms with van der Waals surface area (Å²) in [5.74, 6) is -1.39. The zero-order chi connectivity index (χ0) is 13.4. The fourth-order valence-corrected chi connectivity index (χ4v) is 1.87. The summed E-state index contributed by atoms with van der Waals surface area (Å²) in [6.45, 7) is 0. The highest BCUT2D eigenvalue weighted by atomic mass is 16.7. The summed E-state index contributed by atoms with van der Waals surface area (Å²) in [5, 5.41) is 19.5. The zero-order valence-electron chi connectivity index (χ0n) is 9.70. The Labute approximate surface area is 107 Å². The van der Waals surface area contributed by atoms with Gasteiger partial charge in [0.25, 0.3) is 0 Å². The van der Waals surface area contributed by atoms with Gasteiger partial charge in [0.05, 0.1) is 5.56 Å². The van der Waals surface area contributed by atoms with Crippen molar-refractivity contribution in [2.24, 2.45) is 0 Å². The van der Waals surface area contributed by atoms with Gasteiger partial charge in [0.2, 0.25) is 11.8 Å². The molecule has 2 heterocycles. The molecular weight excluding hydrogens is 248 g/mol. The Hall–Kier alpha value is -2.89. The molecule has 0 aliphatic rings. The molecule has 0 aliphatic carbocycles. The highest BCUT2D eigenvalue weighted by molar-refractivity contribution is 6.04. The maximum Gasteiger partial charge on any atom is 0.366 e. The monoisotopic (exact) mass is 258 g/mol. The number of hydrogen-bond acceptors (Lipinski definition) is 4. The topological polar surface area (TPSA) is 87.5 Å². The Morgan fingerprint density at radius 2 is 1.79 bits per heavy atom. The number of aromatic hydroxyl groups is 2. The van der Waals surface area contributed by atoms with Crippen LogP contribution in [0.2, 0.25) is 0 Å². The standard InChI is InChI=1S/C13H10N2O4/c16-11-5-6-12(17)15(11)19-13(18)9-7-14-10-4-2-1-3-8(9)10/h1-7,14,16-17H. The molecule has 0 radical (unpaired) electrons. The lowest BCUT2D eigenvalue weighted by Gasteiger charge is -2.05. The molecule has 0 unspecified atom stereocenters. The van der Waals surface area contributed by atoms with Gasteiger partial charge in [-0.3, -0.25) is 0 Å². The van der Waals surface area contributed by atoms with Gasteiger partial charge in [-0.2, -0.15) is 0 Å². The molecule has 6 nitrogen and oxygen atoms in total. The lowest BCUT2D eigenvalue weighted by Crippen LogP contribution is -2.18. The number of carbonyl (C=O) groups is 1. The van der Waals surface area contributed by atoms with Crippen LogP contribution in [-0.2, 0) is 0 Å². The van der Waals surface area contributed by atoms with Gasteiger partial charge in [0.1, 0.15) is 0 Å². The van der Waals surface area contributed by atoms with Crippen LogP contribution in [0.1, 0.15) is 10.4 Å². The van der Waals surface area contributed by atoms with E-state index in [9.17, 15) is 15.0 Å². The van der Waals surface area contributed by atoms with Crippen LogP contribution in [0.15, 0.2) is 42.6 Å². The molecule has 2 aromatic heterocycles. The minimum Gasteiger partial charge on any atom is -0.492 e. The van der Waals surface area contributed by atoms with E-state index in [4.69, 9.17) is 4.84 Å². The SMILES string of the molecule is O=C(On1c(O)ccc1O)c1c[nH]c2ccccc12. The van der Waals surface area contributed by atoms with Crippen molar-refractivity contribution in [2.45, 2.75) is 0 Å². The van der Waals surface area contributed by atoms with Crippen molar-refractivity contribution in [3.8, 4) is 11.8 Å². The van der Waals surface area contributed by atoms with E-state index in [1.54, 1.807) is 12.1 Å². The van der Waals surface area contributed by atoms with E-state index < -0.39 is 5.97 Å². The lowest BCUT2D eigenvalue weighted by molar-refractivity contribution is 0.0384. The summed E-state index contributed by atoms with van der Waals surface area (Å²) in [4.78, 5) is 19.9. The summed E-state index contributed by atoms with van der Waals surface area (Å²) < 4.78 is 0.657. The first kappa shape index (κ1) is 11.2. The van der Waals surface area contributed by atoms with Crippen LogP contribution in [0.25, 0.3) is 10.9 Å². The highest BCUT2D eigenvalue weighted by Crippen LogP contribution is 2.21. The molecule has 0 bridgehead atoms. The van der Waals surface area contributed by atoms with Gasteiger partial charge in [0.15, 0.2) is 0 Å². The van der Waals surface area contributed by atoms with Gasteiger partial charge in [-0.1, -0.05) is 18.2 Å². The minimum atomic E-state index is -0.681. The molecule has 3 aromatic rings. The number of benzene rings is 1. The molecule has 0 saturated heterocycles. The number of nitrogens with zero attached hydrogens (tertiary/aromatic N) is 1. The van der Waals surface area contributed by atoms with Crippen molar-refractivity contribution in [2.75, 3.05) is 0 Å². The van der Waals surface area contributed by atoms with E-state index in [1.807, 2.05) is 12.1 Å². The second kappa shape index (κ2) is 4.09. The van der Waals surface area contributed by atoms with Gasteiger partial charge in [-0.25, -0.2) is 4.79 Å². The van der Waals surface area contributed by atoms with Crippen LogP contribution >= 0.6 is 0 Å². The van der Waals surface area contributed by atoms with Gasteiger partial charge >= 0.3 is 5.97 Å². The summed E-state index contributed by atoms with van der Waals surface area (Å²) in [5.41, 5.74) is 1.12. The Morgan fingerprint density at radius 1 is 1.11 bits per heavy atom. The molecule has 0 aliphatic heterocycles. The summed E-state index contributed by atoms with van der Waals surface area (Å²) in [6, 6.07) is 9.69. The largest absolute Gasteiger partial charge is 0.492 e. The van der Waals surface area contributed by atoms with Crippen molar-refractivity contribution in [1.29, 1.82) is 0 Å². The van der Waals surface area contributed by atoms with Crippen LogP contribution in [0.4, 0.5) is 0 Å². The second-order valence-corrected chi connectivity index (χ2v) is 3.97. The molecule has 0 atom stereocenters. The first-order valence-electron chi connectivity index (χ1n) is 5.55. The Balaban J connectivity index is 1.97. The number of H-pyrrole nitrogens is 1. The third-order valence-electron chi connectivity index (χ3n) is 2.78. The first-order chi connectivity index (χ1) is 9.16. The van der Waals surface area contributed by atoms with Crippen LogP contribution in [0.3, 0.4) is 0 Å². The molecule has 3 N–H and O–H groups in total. The number of carbonyl (C=O) groups excluding carboxylic acids is 1. The Bertz CT molecular complexity index is 737. The molecule has 0 saturated carbocycles. The average Bonchev–Trinajstić information content (AvgIpc) is 2.97. The normalized spacial score (nSPS) is 10.7. The molecule has 6 heteroatoms. The lowest BCUT2D eigenvalue weighted by atomic mass is 10.2. The number of hydrogen-bond donors (Lipinski definition) is 3. The molecule has 96 valence electrons. The molecule has 1 aromatic carbocycles. The number of para-hydroxylation sites is 1. The van der Waals surface area contributed by atoms with E-state index in [2.05, 4.69) is 4.98 Å². The number of aromatic amines is 1. The van der Waals surface area contributed by atoms with Gasteiger partial charge in [-0.05, 0) is 6.07 Å². The highest BCUT2D eigenvalue weighted by Gasteiger charge is 2.17. The number of fused-ring (bicyclic) bond motifs is 1. The van der Waals surface area contributed by atoms with Crippen molar-refractivity contribution < 1.29 is 19.8 Å². The molecule has 0 amide bonds. The van der Waals surface area contributed by atoms with E-state index >= 15 is 0 Å². The average molecular weight is 258 g/mol. The molecule has 0 spiro atoms. The van der Waals surface area contributed by atoms with Gasteiger partial charge < -0.3 is 20.0 Å². The van der Waals surface area contributed by atoms with Crippen molar-refractivity contribution >= 4 is 16.9 Å². The van der Waals surface area contributed by atoms with Gasteiger partial charge in [-0.15, -0.1) is 4.73 Å². The third-order valence-corrected chi connectivity index (χ3v) is 2.78. The van der Waals surface area contributed by atoms with Crippen LogP contribution in [-0.4, -0.2) is 25.9 Å². The van der Waals surface area contributed by atoms with Crippen molar-refractivity contribution in [3.63, 3.8) is 0 Å². The fourth-order valence-electron chi connectivity index (χ4n) is 1.87. The van der Waals surface area contributed by atoms with E-state index in [-0.39, 0.29) is 11.8 Å². The van der Waals surface area contributed by atoms with E-state index in [0.717, 1.165) is 5.52 Å². The molecular formula is C13H10N2O4.